The van der Waals surface area contributed by atoms with Crippen molar-refractivity contribution in [2.75, 3.05) is 7.11 Å². The lowest BCUT2D eigenvalue weighted by molar-refractivity contribution is 0.416. The van der Waals surface area contributed by atoms with Crippen LogP contribution in [0.25, 0.3) is 16.9 Å². The Morgan fingerprint density at radius 3 is 2.83 bits per heavy atom. The third-order valence-corrected chi connectivity index (χ3v) is 3.06. The molecule has 0 N–H and O–H groups in total. The summed E-state index contributed by atoms with van der Waals surface area (Å²) in [4.78, 5) is 4.28. The lowest BCUT2D eigenvalue weighted by Crippen LogP contribution is -1.95. The zero-order chi connectivity index (χ0) is 12.5. The van der Waals surface area contributed by atoms with Crippen LogP contribution in [-0.2, 0) is 0 Å². The largest absolute Gasteiger partial charge is 0.496 e. The minimum Gasteiger partial charge on any atom is -0.496 e. The molecule has 0 radical (unpaired) electrons. The number of methoxy groups -OCH3 is 1. The first kappa shape index (κ1) is 11.2. The molecule has 5 heteroatoms. The first-order chi connectivity index (χ1) is 8.78. The summed E-state index contributed by atoms with van der Waals surface area (Å²) < 4.78 is 7.86. The maximum absolute atomic E-state index is 5.34. The van der Waals surface area contributed by atoms with Crippen molar-refractivity contribution in [3.05, 3.63) is 47.2 Å². The highest BCUT2D eigenvalue weighted by Gasteiger charge is 2.08. The predicted octanol–water partition coefficient (Wildman–Crippen LogP) is 3.17. The maximum Gasteiger partial charge on any atom is 0.154 e. The van der Waals surface area contributed by atoms with Gasteiger partial charge in [0.2, 0.25) is 0 Å². The number of hydrogen-bond acceptors (Lipinski definition) is 3. The normalized spacial score (nSPS) is 10.8. The van der Waals surface area contributed by atoms with Gasteiger partial charge in [-0.15, -0.1) is 0 Å². The van der Waals surface area contributed by atoms with Crippen LogP contribution in [0.4, 0.5) is 0 Å². The van der Waals surface area contributed by atoms with E-state index in [1.54, 1.807) is 11.6 Å². The fraction of sp³-hybridized carbons (Fsp3) is 0.0769. The Balaban J connectivity index is 2.18. The van der Waals surface area contributed by atoms with Gasteiger partial charge in [0.15, 0.2) is 5.65 Å². The van der Waals surface area contributed by atoms with Crippen LogP contribution in [0.5, 0.6) is 5.75 Å². The van der Waals surface area contributed by atoms with Crippen LogP contribution >= 0.6 is 15.9 Å². The molecule has 90 valence electrons. The fourth-order valence-electron chi connectivity index (χ4n) is 1.85. The van der Waals surface area contributed by atoms with Crippen molar-refractivity contribution in [1.29, 1.82) is 0 Å². The molecule has 3 rings (SSSR count). The van der Waals surface area contributed by atoms with Gasteiger partial charge in [0.25, 0.3) is 0 Å². The van der Waals surface area contributed by atoms with Crippen LogP contribution in [0, 0.1) is 0 Å². The summed E-state index contributed by atoms with van der Waals surface area (Å²) >= 11 is 3.34. The van der Waals surface area contributed by atoms with Crippen molar-refractivity contribution in [3.63, 3.8) is 0 Å². The third-order valence-electron chi connectivity index (χ3n) is 2.67. The topological polar surface area (TPSA) is 39.4 Å². The number of aromatic nitrogens is 3. The summed E-state index contributed by atoms with van der Waals surface area (Å²) in [6.45, 7) is 0. The fourth-order valence-corrected chi connectivity index (χ4v) is 2.23. The number of fused-ring (bicyclic) bond motifs is 1. The summed E-state index contributed by atoms with van der Waals surface area (Å²) in [6.07, 6.45) is 1.83. The zero-order valence-electron chi connectivity index (χ0n) is 9.67. The zero-order valence-corrected chi connectivity index (χ0v) is 11.3. The van der Waals surface area contributed by atoms with Gasteiger partial charge < -0.3 is 4.74 Å². The molecule has 2 heterocycles. The molecular weight excluding hydrogens is 294 g/mol. The van der Waals surface area contributed by atoms with Gasteiger partial charge in [0.05, 0.1) is 19.0 Å². The van der Waals surface area contributed by atoms with Crippen molar-refractivity contribution in [3.8, 4) is 17.0 Å². The van der Waals surface area contributed by atoms with Gasteiger partial charge >= 0.3 is 0 Å². The molecule has 0 aliphatic heterocycles. The van der Waals surface area contributed by atoms with E-state index in [0.717, 1.165) is 27.3 Å². The minimum absolute atomic E-state index is 0.771. The van der Waals surface area contributed by atoms with Crippen molar-refractivity contribution >= 4 is 21.6 Å². The van der Waals surface area contributed by atoms with E-state index in [1.165, 1.54) is 0 Å². The van der Waals surface area contributed by atoms with E-state index in [-0.39, 0.29) is 0 Å². The molecule has 0 aliphatic rings. The van der Waals surface area contributed by atoms with Crippen LogP contribution in [0.2, 0.25) is 0 Å². The third kappa shape index (κ3) is 1.86. The second-order valence-electron chi connectivity index (χ2n) is 3.79. The van der Waals surface area contributed by atoms with Crippen LogP contribution in [0.3, 0.4) is 0 Å². The Kier molecular flexibility index (Phi) is 2.76. The second-order valence-corrected chi connectivity index (χ2v) is 4.60. The summed E-state index contributed by atoms with van der Waals surface area (Å²) in [5.41, 5.74) is 2.62. The molecule has 0 amide bonds. The highest BCUT2D eigenvalue weighted by Crippen LogP contribution is 2.28. The van der Waals surface area contributed by atoms with E-state index >= 15 is 0 Å². The van der Waals surface area contributed by atoms with Gasteiger partial charge in [-0.25, -0.2) is 9.50 Å². The van der Waals surface area contributed by atoms with Gasteiger partial charge in [-0.1, -0.05) is 12.1 Å². The SMILES string of the molecule is COc1ccccc1-c1ccc2nc(Br)cn2n1. The standard InChI is InChI=1S/C13H10BrN3O/c1-18-11-5-3-2-4-9(11)10-6-7-13-15-12(14)8-17(13)16-10/h2-8H,1H3. The lowest BCUT2D eigenvalue weighted by atomic mass is 10.1. The summed E-state index contributed by atoms with van der Waals surface area (Å²) in [7, 11) is 1.66. The number of benzene rings is 1. The van der Waals surface area contributed by atoms with E-state index < -0.39 is 0 Å². The Bertz CT molecular complexity index is 708. The Morgan fingerprint density at radius 1 is 1.17 bits per heavy atom. The smallest absolute Gasteiger partial charge is 0.154 e. The summed E-state index contributed by atoms with van der Waals surface area (Å²) in [5.74, 6) is 0.809. The molecular formula is C13H10BrN3O. The van der Waals surface area contributed by atoms with Gasteiger partial charge in [-0.05, 0) is 40.2 Å². The van der Waals surface area contributed by atoms with Crippen molar-refractivity contribution < 1.29 is 4.74 Å². The molecule has 0 saturated heterocycles. The molecule has 0 aliphatic carbocycles. The predicted molar refractivity (Wildman–Crippen MR) is 72.7 cm³/mol. The molecule has 0 atom stereocenters. The van der Waals surface area contributed by atoms with E-state index in [1.807, 2.05) is 42.6 Å². The quantitative estimate of drug-likeness (QED) is 0.730. The number of halogens is 1. The molecule has 0 bridgehead atoms. The van der Waals surface area contributed by atoms with E-state index in [0.29, 0.717) is 0 Å². The molecule has 2 aromatic heterocycles. The van der Waals surface area contributed by atoms with E-state index in [9.17, 15) is 0 Å². The van der Waals surface area contributed by atoms with Crippen LogP contribution in [0.15, 0.2) is 47.2 Å². The summed E-state index contributed by atoms with van der Waals surface area (Å²) in [6, 6.07) is 11.7. The number of ether oxygens (including phenoxy) is 1. The average Bonchev–Trinajstić information content (AvgIpc) is 2.77. The molecule has 0 spiro atoms. The molecule has 0 fully saturated rings. The Labute approximate surface area is 112 Å². The molecule has 4 nitrogen and oxygen atoms in total. The number of nitrogens with zero attached hydrogens (tertiary/aromatic N) is 3. The van der Waals surface area contributed by atoms with Crippen LogP contribution in [0.1, 0.15) is 0 Å². The molecule has 1 aromatic carbocycles. The van der Waals surface area contributed by atoms with Crippen molar-refractivity contribution in [2.24, 2.45) is 0 Å². The first-order valence-corrected chi connectivity index (χ1v) is 6.22. The van der Waals surface area contributed by atoms with Crippen LogP contribution < -0.4 is 4.74 Å². The monoisotopic (exact) mass is 303 g/mol. The lowest BCUT2D eigenvalue weighted by Gasteiger charge is -2.07. The maximum atomic E-state index is 5.34. The number of rotatable bonds is 2. The number of imidazole rings is 1. The van der Waals surface area contributed by atoms with Crippen LogP contribution in [-0.4, -0.2) is 21.7 Å². The average molecular weight is 304 g/mol. The van der Waals surface area contributed by atoms with Crippen molar-refractivity contribution in [1.82, 2.24) is 14.6 Å². The number of hydrogen-bond donors (Lipinski definition) is 0. The second kappa shape index (κ2) is 4.42. The first-order valence-electron chi connectivity index (χ1n) is 5.43. The Morgan fingerprint density at radius 2 is 2.00 bits per heavy atom. The highest BCUT2D eigenvalue weighted by molar-refractivity contribution is 9.10. The highest BCUT2D eigenvalue weighted by atomic mass is 79.9. The molecule has 18 heavy (non-hydrogen) atoms. The minimum atomic E-state index is 0.771. The van der Waals surface area contributed by atoms with Gasteiger partial charge in [0, 0.05) is 5.56 Å². The Hall–Kier alpha value is -1.88. The van der Waals surface area contributed by atoms with E-state index in [2.05, 4.69) is 26.0 Å². The summed E-state index contributed by atoms with van der Waals surface area (Å²) in [5, 5.41) is 4.52. The van der Waals surface area contributed by atoms with Gasteiger partial charge in [-0.3, -0.25) is 0 Å². The van der Waals surface area contributed by atoms with Gasteiger partial charge in [0.1, 0.15) is 10.4 Å². The molecule has 0 saturated carbocycles. The molecule has 3 aromatic rings. The van der Waals surface area contributed by atoms with Gasteiger partial charge in [-0.2, -0.15) is 5.10 Å². The van der Waals surface area contributed by atoms with E-state index in [4.69, 9.17) is 4.74 Å². The van der Waals surface area contributed by atoms with Crippen molar-refractivity contribution in [2.45, 2.75) is 0 Å². The molecule has 0 unspecified atom stereocenters. The number of para-hydroxylation sites is 1.